The molecule has 1 aromatic heterocycles. The van der Waals surface area contributed by atoms with Gasteiger partial charge >= 0.3 is 0 Å². The quantitative estimate of drug-likeness (QED) is 0.927. The van der Waals surface area contributed by atoms with Crippen molar-refractivity contribution in [1.29, 1.82) is 0 Å². The molecule has 0 spiro atoms. The first-order chi connectivity index (χ1) is 9.40. The van der Waals surface area contributed by atoms with E-state index in [1.165, 1.54) is 15.6 Å². The van der Waals surface area contributed by atoms with Crippen LogP contribution in [-0.4, -0.2) is 23.6 Å². The number of nitrogens with one attached hydrogen (secondary N) is 1. The number of nitrogens with zero attached hydrogens (tertiary/aromatic N) is 3. The van der Waals surface area contributed by atoms with Crippen molar-refractivity contribution in [1.82, 2.24) is 9.55 Å². The Balaban J connectivity index is 2.13. The number of imidazole rings is 1. The molecule has 0 unspecified atom stereocenters. The van der Waals surface area contributed by atoms with Crippen LogP contribution in [0.15, 0.2) is 22.8 Å². The van der Waals surface area contributed by atoms with Gasteiger partial charge in [-0.05, 0) is 37.1 Å². The number of anilines is 2. The average Bonchev–Trinajstić information content (AvgIpc) is 2.74. The Kier molecular flexibility index (Phi) is 4.38. The highest BCUT2D eigenvalue weighted by atomic mass is 79.9. The SMILES string of the molecule is Cc1cc(NCc2cnc(N(C)C)n2C)cc(C)c1Br. The highest BCUT2D eigenvalue weighted by Gasteiger charge is 2.08. The molecule has 0 radical (unpaired) electrons. The molecule has 0 aliphatic rings. The number of benzene rings is 1. The number of aromatic nitrogens is 2. The molecule has 0 saturated carbocycles. The lowest BCUT2D eigenvalue weighted by atomic mass is 10.1. The number of hydrogen-bond donors (Lipinski definition) is 1. The summed E-state index contributed by atoms with van der Waals surface area (Å²) in [6.45, 7) is 4.98. The van der Waals surface area contributed by atoms with Gasteiger partial charge in [0.1, 0.15) is 0 Å². The maximum absolute atomic E-state index is 4.42. The highest BCUT2D eigenvalue weighted by Crippen LogP contribution is 2.25. The van der Waals surface area contributed by atoms with Gasteiger partial charge in [-0.1, -0.05) is 15.9 Å². The molecule has 20 heavy (non-hydrogen) atoms. The van der Waals surface area contributed by atoms with Crippen LogP contribution in [0.25, 0.3) is 0 Å². The summed E-state index contributed by atoms with van der Waals surface area (Å²) in [5.41, 5.74) is 4.78. The van der Waals surface area contributed by atoms with E-state index in [2.05, 4.69) is 56.8 Å². The van der Waals surface area contributed by atoms with E-state index in [1.54, 1.807) is 0 Å². The van der Waals surface area contributed by atoms with Crippen molar-refractivity contribution in [3.05, 3.63) is 39.6 Å². The number of hydrogen-bond acceptors (Lipinski definition) is 3. The van der Waals surface area contributed by atoms with E-state index in [1.807, 2.05) is 32.2 Å². The second-order valence-electron chi connectivity index (χ2n) is 5.28. The van der Waals surface area contributed by atoms with Crippen LogP contribution in [0.4, 0.5) is 11.6 Å². The van der Waals surface area contributed by atoms with Gasteiger partial charge in [0.05, 0.1) is 18.4 Å². The van der Waals surface area contributed by atoms with Crippen LogP contribution in [0.5, 0.6) is 0 Å². The fourth-order valence-electron chi connectivity index (χ4n) is 2.25. The molecule has 1 N–H and O–H groups in total. The summed E-state index contributed by atoms with van der Waals surface area (Å²) in [6.07, 6.45) is 1.92. The highest BCUT2D eigenvalue weighted by molar-refractivity contribution is 9.10. The fraction of sp³-hybridized carbons (Fsp3) is 0.400. The minimum absolute atomic E-state index is 0.762. The maximum atomic E-state index is 4.42. The van der Waals surface area contributed by atoms with Crippen molar-refractivity contribution in [2.24, 2.45) is 7.05 Å². The molecule has 5 heteroatoms. The summed E-state index contributed by atoms with van der Waals surface area (Å²) in [4.78, 5) is 6.43. The van der Waals surface area contributed by atoms with Crippen LogP contribution in [0, 0.1) is 13.8 Å². The zero-order valence-electron chi connectivity index (χ0n) is 12.7. The maximum Gasteiger partial charge on any atom is 0.204 e. The van der Waals surface area contributed by atoms with E-state index in [0.29, 0.717) is 0 Å². The molecular formula is C15H21BrN4. The van der Waals surface area contributed by atoms with Crippen LogP contribution >= 0.6 is 15.9 Å². The van der Waals surface area contributed by atoms with E-state index in [4.69, 9.17) is 0 Å². The summed E-state index contributed by atoms with van der Waals surface area (Å²) in [7, 11) is 6.04. The molecule has 2 rings (SSSR count). The lowest BCUT2D eigenvalue weighted by Gasteiger charge is -2.14. The van der Waals surface area contributed by atoms with Gasteiger partial charge in [-0.3, -0.25) is 0 Å². The average molecular weight is 337 g/mol. The Bertz CT molecular complexity index is 593. The second-order valence-corrected chi connectivity index (χ2v) is 6.07. The Hall–Kier alpha value is -1.49. The monoisotopic (exact) mass is 336 g/mol. The third-order valence-electron chi connectivity index (χ3n) is 3.37. The first kappa shape index (κ1) is 14.9. The Morgan fingerprint density at radius 2 is 1.85 bits per heavy atom. The summed E-state index contributed by atoms with van der Waals surface area (Å²) < 4.78 is 3.28. The van der Waals surface area contributed by atoms with Gasteiger partial charge in [-0.2, -0.15) is 0 Å². The number of rotatable bonds is 4. The minimum atomic E-state index is 0.762. The first-order valence-electron chi connectivity index (χ1n) is 6.58. The predicted octanol–water partition coefficient (Wildman–Crippen LogP) is 3.48. The van der Waals surface area contributed by atoms with Crippen molar-refractivity contribution in [2.45, 2.75) is 20.4 Å². The van der Waals surface area contributed by atoms with Crippen LogP contribution in [0.3, 0.4) is 0 Å². The zero-order valence-corrected chi connectivity index (χ0v) is 14.2. The number of halogens is 1. The predicted molar refractivity (Wildman–Crippen MR) is 88.5 cm³/mol. The molecule has 0 amide bonds. The van der Waals surface area contributed by atoms with Gasteiger partial charge in [-0.25, -0.2) is 4.98 Å². The minimum Gasteiger partial charge on any atom is -0.379 e. The van der Waals surface area contributed by atoms with Gasteiger partial charge in [0.15, 0.2) is 0 Å². The summed E-state index contributed by atoms with van der Waals surface area (Å²) in [5.74, 6) is 0.963. The van der Waals surface area contributed by atoms with Crippen LogP contribution < -0.4 is 10.2 Å². The van der Waals surface area contributed by atoms with Crippen molar-refractivity contribution in [2.75, 3.05) is 24.3 Å². The molecule has 0 bridgehead atoms. The fourth-order valence-corrected chi connectivity index (χ4v) is 2.48. The van der Waals surface area contributed by atoms with Gasteiger partial charge in [0.25, 0.3) is 0 Å². The van der Waals surface area contributed by atoms with Gasteiger partial charge in [-0.15, -0.1) is 0 Å². The Labute approximate surface area is 128 Å². The smallest absolute Gasteiger partial charge is 0.204 e. The van der Waals surface area contributed by atoms with E-state index in [9.17, 15) is 0 Å². The van der Waals surface area contributed by atoms with Crippen molar-refractivity contribution >= 4 is 27.6 Å². The molecule has 1 heterocycles. The lowest BCUT2D eigenvalue weighted by Crippen LogP contribution is -2.15. The molecule has 2 aromatic rings. The van der Waals surface area contributed by atoms with Crippen LogP contribution in [0.2, 0.25) is 0 Å². The largest absolute Gasteiger partial charge is 0.379 e. The van der Waals surface area contributed by atoms with Crippen molar-refractivity contribution < 1.29 is 0 Å². The Morgan fingerprint density at radius 1 is 1.25 bits per heavy atom. The molecule has 0 aliphatic heterocycles. The third kappa shape index (κ3) is 2.98. The molecule has 1 aromatic carbocycles. The van der Waals surface area contributed by atoms with E-state index < -0.39 is 0 Å². The third-order valence-corrected chi connectivity index (χ3v) is 4.62. The normalized spacial score (nSPS) is 10.7. The standard InChI is InChI=1S/C15H21BrN4/c1-10-6-12(7-11(2)14(10)16)17-8-13-9-18-15(19(3)4)20(13)5/h6-7,9,17H,8H2,1-5H3. The summed E-state index contributed by atoms with van der Waals surface area (Å²) in [6, 6.07) is 4.31. The van der Waals surface area contributed by atoms with Gasteiger partial charge < -0.3 is 14.8 Å². The zero-order chi connectivity index (χ0) is 14.9. The van der Waals surface area contributed by atoms with E-state index in [0.717, 1.165) is 23.9 Å². The second kappa shape index (κ2) is 5.87. The molecule has 0 aliphatic carbocycles. The molecule has 0 fully saturated rings. The Morgan fingerprint density at radius 3 is 2.35 bits per heavy atom. The molecular weight excluding hydrogens is 316 g/mol. The van der Waals surface area contributed by atoms with Crippen molar-refractivity contribution in [3.63, 3.8) is 0 Å². The van der Waals surface area contributed by atoms with Crippen molar-refractivity contribution in [3.8, 4) is 0 Å². The lowest BCUT2D eigenvalue weighted by molar-refractivity contribution is 0.814. The molecule has 0 atom stereocenters. The van der Waals surface area contributed by atoms with Gasteiger partial charge in [0, 0.05) is 31.3 Å². The molecule has 4 nitrogen and oxygen atoms in total. The summed E-state index contributed by atoms with van der Waals surface area (Å²) >= 11 is 3.59. The first-order valence-corrected chi connectivity index (χ1v) is 7.38. The summed E-state index contributed by atoms with van der Waals surface area (Å²) in [5, 5.41) is 3.46. The van der Waals surface area contributed by atoms with Crippen LogP contribution in [-0.2, 0) is 13.6 Å². The topological polar surface area (TPSA) is 33.1 Å². The van der Waals surface area contributed by atoms with Gasteiger partial charge in [0.2, 0.25) is 5.95 Å². The molecule has 108 valence electrons. The number of aryl methyl sites for hydroxylation is 2. The van der Waals surface area contributed by atoms with E-state index in [-0.39, 0.29) is 0 Å². The van der Waals surface area contributed by atoms with E-state index >= 15 is 0 Å². The van der Waals surface area contributed by atoms with Crippen LogP contribution in [0.1, 0.15) is 16.8 Å². The molecule has 0 saturated heterocycles.